The molecule has 3 aliphatic heterocycles. The van der Waals surface area contributed by atoms with Gasteiger partial charge in [0, 0.05) is 12.5 Å². The third-order valence-corrected chi connectivity index (χ3v) is 4.47. The highest BCUT2D eigenvalue weighted by Crippen LogP contribution is 2.53. The van der Waals surface area contributed by atoms with Crippen LogP contribution in [0.2, 0.25) is 0 Å². The van der Waals surface area contributed by atoms with Gasteiger partial charge in [-0.25, -0.2) is 9.97 Å². The van der Waals surface area contributed by atoms with Crippen molar-refractivity contribution in [2.75, 3.05) is 11.9 Å². The van der Waals surface area contributed by atoms with Crippen LogP contribution in [0.4, 0.5) is 5.69 Å². The van der Waals surface area contributed by atoms with Gasteiger partial charge in [-0.05, 0) is 24.6 Å². The summed E-state index contributed by atoms with van der Waals surface area (Å²) in [7, 11) is 0. The Labute approximate surface area is 115 Å². The van der Waals surface area contributed by atoms with E-state index in [1.165, 1.54) is 0 Å². The van der Waals surface area contributed by atoms with Gasteiger partial charge in [0.1, 0.15) is 11.3 Å². The first-order valence-electron chi connectivity index (χ1n) is 6.88. The molecule has 0 saturated carbocycles. The minimum Gasteiger partial charge on any atom is -0.461 e. The van der Waals surface area contributed by atoms with Crippen molar-refractivity contribution >= 4 is 5.69 Å². The smallest absolute Gasteiger partial charge is 0.196 e. The Hall–Kier alpha value is -2.14. The van der Waals surface area contributed by atoms with Crippen molar-refractivity contribution in [3.63, 3.8) is 0 Å². The molecular formula is C15H13N3O2. The number of nitrogens with one attached hydrogen (secondary N) is 1. The highest BCUT2D eigenvalue weighted by atomic mass is 16.5. The Kier molecular flexibility index (Phi) is 1.85. The Bertz CT molecular complexity index is 710. The summed E-state index contributed by atoms with van der Waals surface area (Å²) in [5, 5.41) is 3.42. The summed E-state index contributed by atoms with van der Waals surface area (Å²) in [6, 6.07) is 3.71. The first kappa shape index (κ1) is 10.6. The van der Waals surface area contributed by atoms with E-state index in [0.717, 1.165) is 24.3 Å². The van der Waals surface area contributed by atoms with E-state index in [1.807, 2.05) is 18.3 Å². The Morgan fingerprint density at radius 1 is 1.40 bits per heavy atom. The van der Waals surface area contributed by atoms with Gasteiger partial charge in [-0.3, -0.25) is 0 Å². The summed E-state index contributed by atoms with van der Waals surface area (Å²) in [6.07, 6.45) is 9.08. The monoisotopic (exact) mass is 267 g/mol. The van der Waals surface area contributed by atoms with Gasteiger partial charge in [0.2, 0.25) is 0 Å². The van der Waals surface area contributed by atoms with Crippen LogP contribution in [0.3, 0.4) is 0 Å². The molecule has 0 amide bonds. The molecule has 0 aliphatic carbocycles. The van der Waals surface area contributed by atoms with Crippen LogP contribution in [0, 0.1) is 5.92 Å². The first-order valence-corrected chi connectivity index (χ1v) is 6.88. The van der Waals surface area contributed by atoms with Gasteiger partial charge in [-0.2, -0.15) is 0 Å². The number of hydrogen-bond acceptors (Lipinski definition) is 5. The lowest BCUT2D eigenvalue weighted by molar-refractivity contribution is 0.00584. The lowest BCUT2D eigenvalue weighted by atomic mass is 9.78. The Balaban J connectivity index is 1.71. The molecule has 2 aromatic rings. The third kappa shape index (κ3) is 1.21. The van der Waals surface area contributed by atoms with E-state index in [4.69, 9.17) is 14.1 Å². The molecule has 2 aromatic heterocycles. The maximum absolute atomic E-state index is 6.19. The highest BCUT2D eigenvalue weighted by molar-refractivity contribution is 5.59. The second kappa shape index (κ2) is 3.49. The van der Waals surface area contributed by atoms with E-state index < -0.39 is 0 Å². The number of furan rings is 1. The zero-order valence-electron chi connectivity index (χ0n) is 10.7. The summed E-state index contributed by atoms with van der Waals surface area (Å²) in [5.74, 6) is 1.74. The van der Waals surface area contributed by atoms with Crippen LogP contribution < -0.4 is 5.32 Å². The van der Waals surface area contributed by atoms with Crippen molar-refractivity contribution in [1.82, 2.24) is 9.97 Å². The minimum atomic E-state index is -0.366. The quantitative estimate of drug-likeness (QED) is 0.803. The average molecular weight is 267 g/mol. The van der Waals surface area contributed by atoms with E-state index in [-0.39, 0.29) is 11.7 Å². The fraction of sp³-hybridized carbons (Fsp3) is 0.333. The van der Waals surface area contributed by atoms with Crippen molar-refractivity contribution in [2.45, 2.75) is 18.1 Å². The van der Waals surface area contributed by atoms with E-state index in [9.17, 15) is 0 Å². The van der Waals surface area contributed by atoms with E-state index in [0.29, 0.717) is 17.5 Å². The van der Waals surface area contributed by atoms with Gasteiger partial charge < -0.3 is 14.5 Å². The van der Waals surface area contributed by atoms with Crippen LogP contribution in [0.5, 0.6) is 0 Å². The van der Waals surface area contributed by atoms with Gasteiger partial charge in [-0.1, -0.05) is 6.08 Å². The minimum absolute atomic E-state index is 0.231. The molecule has 5 heterocycles. The number of hydrogen-bond donors (Lipinski definition) is 1. The zero-order valence-corrected chi connectivity index (χ0v) is 10.7. The van der Waals surface area contributed by atoms with Crippen molar-refractivity contribution in [1.29, 1.82) is 0 Å². The number of ether oxygens (including phenoxy) is 1. The van der Waals surface area contributed by atoms with Crippen LogP contribution in [-0.2, 0) is 10.3 Å². The molecule has 100 valence electrons. The summed E-state index contributed by atoms with van der Waals surface area (Å²) >= 11 is 0. The fourth-order valence-corrected chi connectivity index (χ4v) is 3.52. The normalized spacial score (nSPS) is 32.8. The molecule has 20 heavy (non-hydrogen) atoms. The van der Waals surface area contributed by atoms with Crippen molar-refractivity contribution in [3.8, 4) is 11.6 Å². The molecule has 0 radical (unpaired) electrons. The first-order chi connectivity index (χ1) is 9.85. The zero-order chi connectivity index (χ0) is 13.2. The largest absolute Gasteiger partial charge is 0.461 e. The molecule has 5 nitrogen and oxygen atoms in total. The molecule has 0 aromatic carbocycles. The lowest BCUT2D eigenvalue weighted by Gasteiger charge is -2.36. The molecule has 0 unspecified atom stereocenters. The summed E-state index contributed by atoms with van der Waals surface area (Å²) in [5.41, 5.74) is 1.53. The highest BCUT2D eigenvalue weighted by Gasteiger charge is 2.55. The lowest BCUT2D eigenvalue weighted by Crippen LogP contribution is -2.40. The van der Waals surface area contributed by atoms with E-state index >= 15 is 0 Å². The number of rotatable bonds is 1. The van der Waals surface area contributed by atoms with Crippen LogP contribution in [-0.4, -0.2) is 22.6 Å². The van der Waals surface area contributed by atoms with Gasteiger partial charge in [0.05, 0.1) is 24.3 Å². The number of nitrogens with zero attached hydrogens (tertiary/aromatic N) is 2. The molecular weight excluding hydrogens is 254 g/mol. The van der Waals surface area contributed by atoms with E-state index in [1.54, 1.807) is 6.26 Å². The topological polar surface area (TPSA) is 60.2 Å². The van der Waals surface area contributed by atoms with Gasteiger partial charge in [0.25, 0.3) is 0 Å². The molecule has 5 heteroatoms. The predicted octanol–water partition coefficient (Wildman–Crippen LogP) is 2.33. The van der Waals surface area contributed by atoms with Crippen LogP contribution in [0.1, 0.15) is 12.1 Å². The van der Waals surface area contributed by atoms with Crippen molar-refractivity contribution < 1.29 is 9.15 Å². The maximum atomic E-state index is 6.19. The summed E-state index contributed by atoms with van der Waals surface area (Å²) < 4.78 is 11.6. The van der Waals surface area contributed by atoms with E-state index in [2.05, 4.69) is 22.5 Å². The molecule has 5 rings (SSSR count). The van der Waals surface area contributed by atoms with Crippen LogP contribution in [0.15, 0.2) is 41.2 Å². The molecule has 3 aliphatic rings. The van der Waals surface area contributed by atoms with Crippen molar-refractivity contribution in [3.05, 3.63) is 42.4 Å². The molecule has 1 N–H and O–H groups in total. The summed E-state index contributed by atoms with van der Waals surface area (Å²) in [6.45, 7) is 0.914. The molecule has 2 bridgehead atoms. The average Bonchev–Trinajstić information content (AvgIpc) is 3.21. The number of fused-ring (bicyclic) bond motifs is 2. The summed E-state index contributed by atoms with van der Waals surface area (Å²) in [4.78, 5) is 9.11. The molecule has 1 saturated heterocycles. The second-order valence-electron chi connectivity index (χ2n) is 5.56. The molecule has 1 fully saturated rings. The number of aromatic nitrogens is 2. The third-order valence-electron chi connectivity index (χ3n) is 4.47. The Morgan fingerprint density at radius 2 is 2.40 bits per heavy atom. The maximum Gasteiger partial charge on any atom is 0.196 e. The predicted molar refractivity (Wildman–Crippen MR) is 72.0 cm³/mol. The fourth-order valence-electron chi connectivity index (χ4n) is 3.52. The van der Waals surface area contributed by atoms with Crippen LogP contribution >= 0.6 is 0 Å². The Morgan fingerprint density at radius 3 is 3.25 bits per heavy atom. The standard InChI is InChI=1S/C15H13N3O2/c1-2-12(19-5-1)14-17-8-11-13(18-14)15-4-3-10(20-15)6-9(15)7-16-11/h1-5,8-10,16H,6-7H2/t9-,10+,15-/m0/s1. The van der Waals surface area contributed by atoms with Crippen LogP contribution in [0.25, 0.3) is 11.6 Å². The van der Waals surface area contributed by atoms with Crippen molar-refractivity contribution in [2.24, 2.45) is 5.92 Å². The van der Waals surface area contributed by atoms with Gasteiger partial charge in [-0.15, -0.1) is 0 Å². The second-order valence-corrected chi connectivity index (χ2v) is 5.56. The molecule has 1 spiro atoms. The molecule has 3 atom stereocenters. The SMILES string of the molecule is C1=C[C@]23O[C@H]1C[C@H]2CNc1cnc(-c2ccco2)nc13. The number of anilines is 1. The van der Waals surface area contributed by atoms with Gasteiger partial charge >= 0.3 is 0 Å². The van der Waals surface area contributed by atoms with Gasteiger partial charge in [0.15, 0.2) is 11.6 Å².